The van der Waals surface area contributed by atoms with Gasteiger partial charge in [-0.15, -0.1) is 0 Å². The number of carbonyl (C=O) groups excluding carboxylic acids is 2. The molecule has 0 radical (unpaired) electrons. The zero-order valence-corrected chi connectivity index (χ0v) is 23.0. The number of hydrogen-bond acceptors (Lipinski definition) is 5. The van der Waals surface area contributed by atoms with Crippen LogP contribution in [0.2, 0.25) is 0 Å². The van der Waals surface area contributed by atoms with Gasteiger partial charge >= 0.3 is 5.97 Å². The lowest BCUT2D eigenvalue weighted by Crippen LogP contribution is -2.46. The van der Waals surface area contributed by atoms with Gasteiger partial charge in [0, 0.05) is 5.56 Å². The number of hydrogen-bond donors (Lipinski definition) is 2. The second kappa shape index (κ2) is 13.7. The maximum atomic E-state index is 13.4. The van der Waals surface area contributed by atoms with Gasteiger partial charge in [-0.2, -0.15) is 4.72 Å². The van der Waals surface area contributed by atoms with Gasteiger partial charge in [0.25, 0.3) is 5.91 Å². The number of sulfonamides is 1. The van der Waals surface area contributed by atoms with Crippen molar-refractivity contribution in [2.45, 2.75) is 36.7 Å². The molecule has 8 heteroatoms. The number of ether oxygens (including phenoxy) is 1. The standard InChI is InChI=1S/C32H32N2O5S/c1-24-17-19-29(20-18-24)40(37,38)34-30(22-26-13-7-3-8-14-26)32(36)39-23-28(21-25-11-5-2-6-12-25)33-31(35)27-15-9-4-10-16-27/h2-20,28,30,34H,21-23H2,1H3,(H,33,35)/t28-,30-/m0/s1. The molecule has 0 saturated carbocycles. The van der Waals surface area contributed by atoms with E-state index >= 15 is 0 Å². The van der Waals surface area contributed by atoms with Crippen molar-refractivity contribution in [1.29, 1.82) is 0 Å². The maximum Gasteiger partial charge on any atom is 0.324 e. The molecule has 0 saturated heterocycles. The Morgan fingerprint density at radius 2 is 1.25 bits per heavy atom. The van der Waals surface area contributed by atoms with E-state index in [1.54, 1.807) is 36.4 Å². The molecule has 0 heterocycles. The number of aryl methyl sites for hydroxylation is 1. The highest BCUT2D eigenvalue weighted by atomic mass is 32.2. The Morgan fingerprint density at radius 1 is 0.725 bits per heavy atom. The normalized spacial score (nSPS) is 12.7. The summed E-state index contributed by atoms with van der Waals surface area (Å²) in [5.74, 6) is -1.02. The van der Waals surface area contributed by atoms with Gasteiger partial charge in [0.15, 0.2) is 0 Å². The topological polar surface area (TPSA) is 102 Å². The molecule has 4 rings (SSSR count). The molecule has 0 aliphatic carbocycles. The van der Waals surface area contributed by atoms with Gasteiger partial charge in [0.05, 0.1) is 10.9 Å². The van der Waals surface area contributed by atoms with E-state index in [9.17, 15) is 18.0 Å². The SMILES string of the molecule is Cc1ccc(S(=O)(=O)N[C@@H](Cc2ccccc2)C(=O)OC[C@H](Cc2ccccc2)NC(=O)c2ccccc2)cc1. The lowest BCUT2D eigenvalue weighted by atomic mass is 10.1. The van der Waals surface area contributed by atoms with Crippen LogP contribution in [0.1, 0.15) is 27.0 Å². The maximum absolute atomic E-state index is 13.4. The third-order valence-electron chi connectivity index (χ3n) is 6.32. The van der Waals surface area contributed by atoms with Crippen molar-refractivity contribution in [1.82, 2.24) is 10.0 Å². The number of amides is 1. The molecule has 7 nitrogen and oxygen atoms in total. The molecule has 0 fully saturated rings. The second-order valence-electron chi connectivity index (χ2n) is 9.53. The van der Waals surface area contributed by atoms with E-state index < -0.39 is 28.1 Å². The predicted octanol–water partition coefficient (Wildman–Crippen LogP) is 4.47. The molecule has 0 bridgehead atoms. The molecule has 0 aromatic heterocycles. The van der Waals surface area contributed by atoms with Crippen LogP contribution in [-0.4, -0.2) is 39.0 Å². The minimum atomic E-state index is -4.00. The predicted molar refractivity (Wildman–Crippen MR) is 154 cm³/mol. The van der Waals surface area contributed by atoms with Crippen molar-refractivity contribution in [2.24, 2.45) is 0 Å². The van der Waals surface area contributed by atoms with Crippen molar-refractivity contribution in [3.05, 3.63) is 138 Å². The van der Waals surface area contributed by atoms with Crippen LogP contribution in [0, 0.1) is 6.92 Å². The van der Waals surface area contributed by atoms with E-state index in [2.05, 4.69) is 10.0 Å². The molecule has 0 aliphatic rings. The number of nitrogens with one attached hydrogen (secondary N) is 2. The summed E-state index contributed by atoms with van der Waals surface area (Å²) in [6.07, 6.45) is 0.523. The molecule has 0 spiro atoms. The fourth-order valence-electron chi connectivity index (χ4n) is 4.19. The molecule has 4 aromatic rings. The molecule has 0 aliphatic heterocycles. The first-order valence-corrected chi connectivity index (χ1v) is 14.5. The fraction of sp³-hybridized carbons (Fsp3) is 0.188. The van der Waals surface area contributed by atoms with Crippen LogP contribution in [-0.2, 0) is 32.4 Å². The fourth-order valence-corrected chi connectivity index (χ4v) is 5.37. The van der Waals surface area contributed by atoms with Crippen molar-refractivity contribution in [3.63, 3.8) is 0 Å². The van der Waals surface area contributed by atoms with Gasteiger partial charge in [-0.25, -0.2) is 8.42 Å². The van der Waals surface area contributed by atoms with E-state index in [0.717, 1.165) is 16.7 Å². The molecule has 40 heavy (non-hydrogen) atoms. The summed E-state index contributed by atoms with van der Waals surface area (Å²) in [6, 6.07) is 32.1. The summed E-state index contributed by atoms with van der Waals surface area (Å²) in [5.41, 5.74) is 3.13. The van der Waals surface area contributed by atoms with Crippen LogP contribution in [0.3, 0.4) is 0 Å². The van der Waals surface area contributed by atoms with Gasteiger partial charge < -0.3 is 10.1 Å². The molecule has 2 atom stereocenters. The van der Waals surface area contributed by atoms with Crippen molar-refractivity contribution in [2.75, 3.05) is 6.61 Å². The van der Waals surface area contributed by atoms with E-state index in [0.29, 0.717) is 12.0 Å². The van der Waals surface area contributed by atoms with Gasteiger partial charge in [-0.3, -0.25) is 9.59 Å². The Morgan fingerprint density at radius 3 is 1.82 bits per heavy atom. The van der Waals surface area contributed by atoms with Crippen molar-refractivity contribution >= 4 is 21.9 Å². The lowest BCUT2D eigenvalue weighted by Gasteiger charge is -2.22. The average molecular weight is 557 g/mol. The highest BCUT2D eigenvalue weighted by Crippen LogP contribution is 2.14. The van der Waals surface area contributed by atoms with E-state index in [1.165, 1.54) is 12.1 Å². The van der Waals surface area contributed by atoms with Crippen LogP contribution in [0.25, 0.3) is 0 Å². The molecule has 2 N–H and O–H groups in total. The van der Waals surface area contributed by atoms with Crippen LogP contribution in [0.5, 0.6) is 0 Å². The third kappa shape index (κ3) is 8.36. The highest BCUT2D eigenvalue weighted by Gasteiger charge is 2.28. The van der Waals surface area contributed by atoms with Gasteiger partial charge in [-0.1, -0.05) is 96.6 Å². The van der Waals surface area contributed by atoms with Crippen molar-refractivity contribution < 1.29 is 22.7 Å². The summed E-state index contributed by atoms with van der Waals surface area (Å²) in [5, 5.41) is 2.95. The quantitative estimate of drug-likeness (QED) is 0.251. The highest BCUT2D eigenvalue weighted by molar-refractivity contribution is 7.89. The molecule has 1 amide bonds. The summed E-state index contributed by atoms with van der Waals surface area (Å²) in [4.78, 5) is 26.3. The second-order valence-corrected chi connectivity index (χ2v) is 11.2. The lowest BCUT2D eigenvalue weighted by molar-refractivity contribution is -0.146. The van der Waals surface area contributed by atoms with Crippen molar-refractivity contribution in [3.8, 4) is 0 Å². The number of benzene rings is 4. The summed E-state index contributed by atoms with van der Waals surface area (Å²) in [6.45, 7) is 1.73. The van der Waals surface area contributed by atoms with Crippen LogP contribution in [0.15, 0.2) is 120 Å². The smallest absolute Gasteiger partial charge is 0.324 e. The summed E-state index contributed by atoms with van der Waals surface area (Å²) in [7, 11) is -4.00. The largest absolute Gasteiger partial charge is 0.462 e. The number of rotatable bonds is 12. The van der Waals surface area contributed by atoms with E-state index in [4.69, 9.17) is 4.74 Å². The van der Waals surface area contributed by atoms with Gasteiger partial charge in [0.2, 0.25) is 10.0 Å². The average Bonchev–Trinajstić information content (AvgIpc) is 2.97. The molecule has 4 aromatic carbocycles. The van der Waals surface area contributed by atoms with Gasteiger partial charge in [0.1, 0.15) is 12.6 Å². The first-order valence-electron chi connectivity index (χ1n) is 13.0. The zero-order valence-electron chi connectivity index (χ0n) is 22.2. The molecular formula is C32H32N2O5S. The summed E-state index contributed by atoms with van der Waals surface area (Å²) < 4.78 is 34.5. The van der Waals surface area contributed by atoms with E-state index in [-0.39, 0.29) is 23.8 Å². The number of carbonyl (C=O) groups is 2. The molecular weight excluding hydrogens is 524 g/mol. The minimum Gasteiger partial charge on any atom is -0.462 e. The Kier molecular flexibility index (Phi) is 9.83. The zero-order chi connectivity index (χ0) is 28.4. The Hall–Kier alpha value is -4.27. The Labute approximate surface area is 235 Å². The Bertz CT molecular complexity index is 1490. The first kappa shape index (κ1) is 28.7. The summed E-state index contributed by atoms with van der Waals surface area (Å²) >= 11 is 0. The molecule has 0 unspecified atom stereocenters. The number of esters is 1. The van der Waals surface area contributed by atoms with Crippen LogP contribution in [0.4, 0.5) is 0 Å². The third-order valence-corrected chi connectivity index (χ3v) is 7.81. The Balaban J connectivity index is 1.51. The van der Waals surface area contributed by atoms with E-state index in [1.807, 2.05) is 73.7 Å². The minimum absolute atomic E-state index is 0.0565. The first-order chi connectivity index (χ1) is 19.3. The van der Waals surface area contributed by atoms with Crippen LogP contribution < -0.4 is 10.0 Å². The molecule has 206 valence electrons. The van der Waals surface area contributed by atoms with Crippen LogP contribution >= 0.6 is 0 Å². The monoisotopic (exact) mass is 556 g/mol. The van der Waals surface area contributed by atoms with Gasteiger partial charge in [-0.05, 0) is 55.2 Å².